The molecule has 0 aliphatic rings. The van der Waals surface area contributed by atoms with Gasteiger partial charge in [0.1, 0.15) is 11.6 Å². The second-order valence-corrected chi connectivity index (χ2v) is 3.76. The Kier molecular flexibility index (Phi) is 4.56. The lowest BCUT2D eigenvalue weighted by atomic mass is 10.2. The van der Waals surface area contributed by atoms with Gasteiger partial charge in [-0.15, -0.1) is 0 Å². The van der Waals surface area contributed by atoms with Gasteiger partial charge < -0.3 is 10.1 Å². The third kappa shape index (κ3) is 4.30. The van der Waals surface area contributed by atoms with Crippen molar-refractivity contribution in [1.82, 2.24) is 5.32 Å². The maximum absolute atomic E-state index is 13.2. The minimum absolute atomic E-state index is 0.249. The van der Waals surface area contributed by atoms with Crippen LogP contribution in [0.15, 0.2) is 18.2 Å². The predicted molar refractivity (Wildman–Crippen MR) is 59.5 cm³/mol. The van der Waals surface area contributed by atoms with Gasteiger partial charge in [0, 0.05) is 18.7 Å². The normalized spacial score (nSPS) is 10.7. The monoisotopic (exact) mass is 211 g/mol. The molecule has 1 aromatic carbocycles. The van der Waals surface area contributed by atoms with Crippen LogP contribution in [0.4, 0.5) is 4.39 Å². The lowest BCUT2D eigenvalue weighted by Gasteiger charge is -2.10. The first-order valence-corrected chi connectivity index (χ1v) is 5.27. The van der Waals surface area contributed by atoms with Crippen LogP contribution < -0.4 is 10.1 Å². The number of ether oxygens (including phenoxy) is 1. The Morgan fingerprint density at radius 1 is 1.33 bits per heavy atom. The summed E-state index contributed by atoms with van der Waals surface area (Å²) in [5.74, 6) is 0.347. The minimum Gasteiger partial charge on any atom is -0.494 e. The van der Waals surface area contributed by atoms with Gasteiger partial charge in [-0.2, -0.15) is 0 Å². The Hall–Kier alpha value is -1.09. The lowest BCUT2D eigenvalue weighted by molar-refractivity contribution is 0.337. The highest BCUT2D eigenvalue weighted by molar-refractivity contribution is 5.29. The highest BCUT2D eigenvalue weighted by Crippen LogP contribution is 2.16. The fraction of sp³-hybridized carbons (Fsp3) is 0.500. The molecule has 0 unspecified atom stereocenters. The van der Waals surface area contributed by atoms with Gasteiger partial charge in [-0.25, -0.2) is 4.39 Å². The molecular weight excluding hydrogens is 193 g/mol. The highest BCUT2D eigenvalue weighted by atomic mass is 19.1. The topological polar surface area (TPSA) is 21.3 Å². The zero-order chi connectivity index (χ0) is 11.3. The summed E-state index contributed by atoms with van der Waals surface area (Å²) < 4.78 is 18.4. The van der Waals surface area contributed by atoms with Crippen molar-refractivity contribution in [2.24, 2.45) is 0 Å². The van der Waals surface area contributed by atoms with Crippen molar-refractivity contribution in [3.63, 3.8) is 0 Å². The number of halogens is 1. The van der Waals surface area contributed by atoms with Gasteiger partial charge in [-0.05, 0) is 24.6 Å². The first-order chi connectivity index (χ1) is 7.11. The van der Waals surface area contributed by atoms with Crippen molar-refractivity contribution in [2.75, 3.05) is 6.61 Å². The van der Waals surface area contributed by atoms with Gasteiger partial charge in [-0.3, -0.25) is 0 Å². The molecule has 1 aromatic rings. The summed E-state index contributed by atoms with van der Waals surface area (Å²) in [7, 11) is 0. The second kappa shape index (κ2) is 5.71. The zero-order valence-corrected chi connectivity index (χ0v) is 9.51. The molecule has 0 saturated carbocycles. The number of benzene rings is 1. The summed E-state index contributed by atoms with van der Waals surface area (Å²) >= 11 is 0. The van der Waals surface area contributed by atoms with Crippen LogP contribution in [0.3, 0.4) is 0 Å². The van der Waals surface area contributed by atoms with Crippen LogP contribution in [0, 0.1) is 5.82 Å². The number of rotatable bonds is 5. The average Bonchev–Trinajstić information content (AvgIpc) is 2.14. The van der Waals surface area contributed by atoms with E-state index in [1.165, 1.54) is 12.1 Å². The second-order valence-electron chi connectivity index (χ2n) is 3.76. The third-order valence-corrected chi connectivity index (χ3v) is 1.96. The number of hydrogen-bond acceptors (Lipinski definition) is 2. The van der Waals surface area contributed by atoms with Crippen LogP contribution in [0.5, 0.6) is 5.75 Å². The van der Waals surface area contributed by atoms with E-state index in [0.29, 0.717) is 24.9 Å². The molecule has 0 fully saturated rings. The number of nitrogens with one attached hydrogen (secondary N) is 1. The van der Waals surface area contributed by atoms with E-state index in [1.807, 2.05) is 13.0 Å². The largest absolute Gasteiger partial charge is 0.494 e. The van der Waals surface area contributed by atoms with Gasteiger partial charge in [0.2, 0.25) is 0 Å². The molecule has 3 heteroatoms. The highest BCUT2D eigenvalue weighted by Gasteiger charge is 2.02. The van der Waals surface area contributed by atoms with E-state index in [-0.39, 0.29) is 5.82 Å². The van der Waals surface area contributed by atoms with Crippen molar-refractivity contribution >= 4 is 0 Å². The van der Waals surface area contributed by atoms with Crippen LogP contribution in [0.1, 0.15) is 26.3 Å². The van der Waals surface area contributed by atoms with E-state index < -0.39 is 0 Å². The Morgan fingerprint density at radius 2 is 2.07 bits per heavy atom. The van der Waals surface area contributed by atoms with Crippen molar-refractivity contribution in [3.05, 3.63) is 29.6 Å². The first kappa shape index (κ1) is 12.0. The van der Waals surface area contributed by atoms with Gasteiger partial charge in [0.05, 0.1) is 6.61 Å². The molecular formula is C12H18FNO. The van der Waals surface area contributed by atoms with E-state index in [1.54, 1.807) is 0 Å². The van der Waals surface area contributed by atoms with Gasteiger partial charge in [-0.1, -0.05) is 13.8 Å². The summed E-state index contributed by atoms with van der Waals surface area (Å²) in [6.45, 7) is 7.22. The van der Waals surface area contributed by atoms with E-state index in [4.69, 9.17) is 4.74 Å². The maximum Gasteiger partial charge on any atom is 0.127 e. The molecule has 0 bridgehead atoms. The average molecular weight is 211 g/mol. The SMILES string of the molecule is CCOc1cc(F)cc(CNC(C)C)c1. The molecule has 15 heavy (non-hydrogen) atoms. The van der Waals surface area contributed by atoms with Gasteiger partial charge >= 0.3 is 0 Å². The quantitative estimate of drug-likeness (QED) is 0.808. The fourth-order valence-electron chi connectivity index (χ4n) is 1.29. The molecule has 0 aliphatic carbocycles. The molecule has 0 heterocycles. The molecule has 0 aromatic heterocycles. The summed E-state index contributed by atoms with van der Waals surface area (Å²) in [5, 5.41) is 3.24. The van der Waals surface area contributed by atoms with E-state index >= 15 is 0 Å². The molecule has 0 aliphatic heterocycles. The molecule has 2 nitrogen and oxygen atoms in total. The summed E-state index contributed by atoms with van der Waals surface area (Å²) in [6, 6.07) is 5.19. The fourth-order valence-corrected chi connectivity index (χ4v) is 1.29. The molecule has 1 N–H and O–H groups in total. The molecule has 84 valence electrons. The van der Waals surface area contributed by atoms with Crippen molar-refractivity contribution in [2.45, 2.75) is 33.4 Å². The van der Waals surface area contributed by atoms with Crippen LogP contribution >= 0.6 is 0 Å². The van der Waals surface area contributed by atoms with Crippen LogP contribution in [-0.4, -0.2) is 12.6 Å². The van der Waals surface area contributed by atoms with Crippen molar-refractivity contribution < 1.29 is 9.13 Å². The molecule has 0 atom stereocenters. The summed E-state index contributed by atoms with van der Waals surface area (Å²) in [4.78, 5) is 0. The Morgan fingerprint density at radius 3 is 2.67 bits per heavy atom. The van der Waals surface area contributed by atoms with Crippen molar-refractivity contribution in [1.29, 1.82) is 0 Å². The molecule has 0 saturated heterocycles. The van der Waals surface area contributed by atoms with E-state index in [0.717, 1.165) is 5.56 Å². The Balaban J connectivity index is 2.70. The smallest absolute Gasteiger partial charge is 0.127 e. The Bertz CT molecular complexity index is 312. The number of hydrogen-bond donors (Lipinski definition) is 1. The molecule has 0 radical (unpaired) electrons. The summed E-state index contributed by atoms with van der Waals surface area (Å²) in [6.07, 6.45) is 0. The van der Waals surface area contributed by atoms with E-state index in [2.05, 4.69) is 19.2 Å². The Labute approximate surface area is 90.4 Å². The standard InChI is InChI=1S/C12H18FNO/c1-4-15-12-6-10(5-11(13)7-12)8-14-9(2)3/h5-7,9,14H,4,8H2,1-3H3. The van der Waals surface area contributed by atoms with Crippen LogP contribution in [0.2, 0.25) is 0 Å². The zero-order valence-electron chi connectivity index (χ0n) is 9.51. The molecule has 0 amide bonds. The third-order valence-electron chi connectivity index (χ3n) is 1.96. The minimum atomic E-state index is -0.249. The van der Waals surface area contributed by atoms with Crippen molar-refractivity contribution in [3.8, 4) is 5.75 Å². The van der Waals surface area contributed by atoms with Crippen LogP contribution in [0.25, 0.3) is 0 Å². The lowest BCUT2D eigenvalue weighted by Crippen LogP contribution is -2.21. The first-order valence-electron chi connectivity index (χ1n) is 5.27. The van der Waals surface area contributed by atoms with Gasteiger partial charge in [0.25, 0.3) is 0 Å². The maximum atomic E-state index is 13.2. The molecule has 1 rings (SSSR count). The van der Waals surface area contributed by atoms with Crippen LogP contribution in [-0.2, 0) is 6.54 Å². The summed E-state index contributed by atoms with van der Waals surface area (Å²) in [5.41, 5.74) is 0.909. The van der Waals surface area contributed by atoms with E-state index in [9.17, 15) is 4.39 Å². The predicted octanol–water partition coefficient (Wildman–Crippen LogP) is 2.72. The van der Waals surface area contributed by atoms with Gasteiger partial charge in [0.15, 0.2) is 0 Å². The molecule has 0 spiro atoms.